The van der Waals surface area contributed by atoms with Gasteiger partial charge in [0, 0.05) is 11.2 Å². The minimum absolute atomic E-state index is 0.668. The Morgan fingerprint density at radius 3 is 2.70 bits per heavy atom. The molecule has 2 aromatic rings. The lowest BCUT2D eigenvalue weighted by Crippen LogP contribution is -2.01. The van der Waals surface area contributed by atoms with Crippen molar-refractivity contribution in [3.8, 4) is 11.5 Å². The van der Waals surface area contributed by atoms with Crippen LogP contribution in [0.1, 0.15) is 24.5 Å². The molecule has 0 saturated heterocycles. The molecule has 0 aliphatic heterocycles. The van der Waals surface area contributed by atoms with Crippen molar-refractivity contribution in [3.63, 3.8) is 0 Å². The topological polar surface area (TPSA) is 30.8 Å². The molecule has 0 bridgehead atoms. The van der Waals surface area contributed by atoms with Crippen molar-refractivity contribution < 1.29 is 9.47 Å². The second kappa shape index (κ2) is 8.55. The molecule has 23 heavy (non-hydrogen) atoms. The number of benzene rings is 2. The largest absolute Gasteiger partial charge is 0.493 e. The summed E-state index contributed by atoms with van der Waals surface area (Å²) in [6, 6.07) is 9.70. The van der Waals surface area contributed by atoms with Crippen molar-refractivity contribution in [1.29, 1.82) is 0 Å². The molecule has 0 radical (unpaired) electrons. The number of aryl methyl sites for hydroxylation is 1. The van der Waals surface area contributed by atoms with Crippen LogP contribution < -0.4 is 9.47 Å². The molecule has 5 heteroatoms. The molecule has 2 rings (SSSR count). The Morgan fingerprint density at radius 1 is 1.26 bits per heavy atom. The molecule has 0 spiro atoms. The van der Waals surface area contributed by atoms with Gasteiger partial charge in [-0.1, -0.05) is 24.6 Å². The molecule has 0 aromatic heterocycles. The van der Waals surface area contributed by atoms with E-state index in [2.05, 4.69) is 34.5 Å². The molecule has 0 N–H and O–H groups in total. The fraction of sp³-hybridized carbons (Fsp3) is 0.278. The molecule has 3 nitrogen and oxygen atoms in total. The summed E-state index contributed by atoms with van der Waals surface area (Å²) in [6.45, 7) is 4.72. The number of methoxy groups -OCH3 is 1. The zero-order valence-corrected chi connectivity index (χ0v) is 16.3. The van der Waals surface area contributed by atoms with E-state index in [1.807, 2.05) is 37.3 Å². The number of hydrogen-bond donors (Lipinski definition) is 0. The van der Waals surface area contributed by atoms with Crippen LogP contribution in [0.25, 0.3) is 0 Å². The number of halogens is 2. The van der Waals surface area contributed by atoms with Gasteiger partial charge in [-0.05, 0) is 71.3 Å². The zero-order chi connectivity index (χ0) is 16.8. The van der Waals surface area contributed by atoms with Crippen LogP contribution >= 0.6 is 34.2 Å². The van der Waals surface area contributed by atoms with Crippen molar-refractivity contribution in [2.45, 2.75) is 20.3 Å². The van der Waals surface area contributed by atoms with Crippen molar-refractivity contribution >= 4 is 46.1 Å². The fourth-order valence-corrected chi connectivity index (χ4v) is 2.93. The fourth-order valence-electron chi connectivity index (χ4n) is 1.97. The normalized spacial score (nSPS) is 11.0. The van der Waals surface area contributed by atoms with Crippen LogP contribution in [0.5, 0.6) is 11.5 Å². The van der Waals surface area contributed by atoms with Gasteiger partial charge in [0.25, 0.3) is 0 Å². The Kier molecular flexibility index (Phi) is 6.72. The first-order valence-corrected chi connectivity index (χ1v) is 8.81. The third kappa shape index (κ3) is 4.85. The number of aliphatic imine (C=N–C) groups is 1. The van der Waals surface area contributed by atoms with Gasteiger partial charge in [-0.25, -0.2) is 0 Å². The van der Waals surface area contributed by atoms with E-state index in [9.17, 15) is 0 Å². The van der Waals surface area contributed by atoms with Crippen LogP contribution in [-0.4, -0.2) is 19.9 Å². The van der Waals surface area contributed by atoms with Crippen LogP contribution in [0.2, 0.25) is 5.02 Å². The molecule has 0 unspecified atom stereocenters. The zero-order valence-electron chi connectivity index (χ0n) is 13.4. The van der Waals surface area contributed by atoms with Gasteiger partial charge in [0.1, 0.15) is 0 Å². The van der Waals surface area contributed by atoms with Gasteiger partial charge >= 0.3 is 0 Å². The van der Waals surface area contributed by atoms with E-state index >= 15 is 0 Å². The summed E-state index contributed by atoms with van der Waals surface area (Å²) >= 11 is 8.38. The molecule has 0 saturated carbocycles. The number of nitrogens with zero attached hydrogens (tertiary/aromatic N) is 1. The van der Waals surface area contributed by atoms with Crippen molar-refractivity contribution in [2.24, 2.45) is 4.99 Å². The number of ether oxygens (including phenoxy) is 2. The number of hydrogen-bond acceptors (Lipinski definition) is 3. The van der Waals surface area contributed by atoms with Gasteiger partial charge in [-0.15, -0.1) is 0 Å². The molecule has 122 valence electrons. The Labute approximate surface area is 155 Å². The minimum Gasteiger partial charge on any atom is -0.493 e. The molecular weight excluding hydrogens is 425 g/mol. The van der Waals surface area contributed by atoms with E-state index < -0.39 is 0 Å². The maximum absolute atomic E-state index is 6.13. The molecule has 0 atom stereocenters. The van der Waals surface area contributed by atoms with E-state index in [4.69, 9.17) is 21.1 Å². The minimum atomic E-state index is 0.668. The number of rotatable bonds is 6. The lowest BCUT2D eigenvalue weighted by Gasteiger charge is -2.12. The van der Waals surface area contributed by atoms with Crippen LogP contribution in [0.3, 0.4) is 0 Å². The Morgan fingerprint density at radius 2 is 2.04 bits per heavy atom. The summed E-state index contributed by atoms with van der Waals surface area (Å²) in [5, 5.41) is 0.718. The van der Waals surface area contributed by atoms with Crippen LogP contribution in [0, 0.1) is 10.5 Å². The molecule has 0 aliphatic carbocycles. The van der Waals surface area contributed by atoms with Crippen LogP contribution in [0.15, 0.2) is 35.3 Å². The van der Waals surface area contributed by atoms with E-state index in [0.29, 0.717) is 12.4 Å². The van der Waals surface area contributed by atoms with Crippen molar-refractivity contribution in [1.82, 2.24) is 0 Å². The lowest BCUT2D eigenvalue weighted by atomic mass is 10.2. The predicted octanol–water partition coefficient (Wildman–Crippen LogP) is 5.80. The van der Waals surface area contributed by atoms with Crippen molar-refractivity contribution in [2.75, 3.05) is 13.7 Å². The highest BCUT2D eigenvalue weighted by Crippen LogP contribution is 2.34. The summed E-state index contributed by atoms with van der Waals surface area (Å²) in [5.74, 6) is 1.50. The summed E-state index contributed by atoms with van der Waals surface area (Å²) in [6.07, 6.45) is 2.76. The average molecular weight is 444 g/mol. The van der Waals surface area contributed by atoms with Gasteiger partial charge in [-0.2, -0.15) is 0 Å². The first-order chi connectivity index (χ1) is 11.0. The van der Waals surface area contributed by atoms with Crippen LogP contribution in [-0.2, 0) is 0 Å². The smallest absolute Gasteiger partial charge is 0.174 e. The Hall–Kier alpha value is -1.27. The highest BCUT2D eigenvalue weighted by molar-refractivity contribution is 14.1. The van der Waals surface area contributed by atoms with Gasteiger partial charge in [-0.3, -0.25) is 4.99 Å². The highest BCUT2D eigenvalue weighted by Gasteiger charge is 2.10. The van der Waals surface area contributed by atoms with Gasteiger partial charge < -0.3 is 9.47 Å². The standard InChI is InChI=1S/C18H19ClINO2/c1-4-7-23-18-16(20)8-13(9-17(18)22-3)11-21-14-6-5-12(2)15(19)10-14/h5-6,8-11H,4,7H2,1-3H3. The molecule has 0 amide bonds. The SMILES string of the molecule is CCCOc1c(I)cc(C=Nc2ccc(C)c(Cl)c2)cc1OC. The molecular formula is C18H19ClINO2. The third-order valence-corrected chi connectivity index (χ3v) is 4.43. The van der Waals surface area contributed by atoms with Gasteiger partial charge in [0.2, 0.25) is 0 Å². The Bertz CT molecular complexity index is 716. The van der Waals surface area contributed by atoms with E-state index in [-0.39, 0.29) is 0 Å². The summed E-state index contributed by atoms with van der Waals surface area (Å²) in [5.41, 5.74) is 2.81. The van der Waals surface area contributed by atoms with Crippen molar-refractivity contribution in [3.05, 3.63) is 50.1 Å². The average Bonchev–Trinajstić information content (AvgIpc) is 2.54. The molecule has 0 heterocycles. The lowest BCUT2D eigenvalue weighted by molar-refractivity contribution is 0.292. The third-order valence-electron chi connectivity index (χ3n) is 3.22. The van der Waals surface area contributed by atoms with E-state index in [1.165, 1.54) is 0 Å². The second-order valence-corrected chi connectivity index (χ2v) is 6.64. The Balaban J connectivity index is 2.27. The molecule has 0 aliphatic rings. The predicted molar refractivity (Wildman–Crippen MR) is 105 cm³/mol. The maximum Gasteiger partial charge on any atom is 0.174 e. The summed E-state index contributed by atoms with van der Waals surface area (Å²) in [4.78, 5) is 4.48. The van der Waals surface area contributed by atoms with Gasteiger partial charge in [0.05, 0.1) is 23.0 Å². The van der Waals surface area contributed by atoms with Crippen LogP contribution in [0.4, 0.5) is 5.69 Å². The summed E-state index contributed by atoms with van der Waals surface area (Å²) < 4.78 is 12.2. The molecule has 0 fully saturated rings. The highest BCUT2D eigenvalue weighted by atomic mass is 127. The second-order valence-electron chi connectivity index (χ2n) is 5.07. The van der Waals surface area contributed by atoms with E-state index in [1.54, 1.807) is 13.3 Å². The first kappa shape index (κ1) is 18.1. The quantitative estimate of drug-likeness (QED) is 0.417. The van der Waals surface area contributed by atoms with E-state index in [0.717, 1.165) is 37.6 Å². The van der Waals surface area contributed by atoms with Gasteiger partial charge in [0.15, 0.2) is 11.5 Å². The molecule has 2 aromatic carbocycles. The monoisotopic (exact) mass is 443 g/mol. The maximum atomic E-state index is 6.13. The first-order valence-electron chi connectivity index (χ1n) is 7.35. The summed E-state index contributed by atoms with van der Waals surface area (Å²) in [7, 11) is 1.64.